The monoisotopic (exact) mass is 272 g/mol. The molecule has 1 heterocycles. The highest BCUT2D eigenvalue weighted by molar-refractivity contribution is 5.81. The number of para-hydroxylation sites is 1. The number of hydrogen-bond donors (Lipinski definition) is 1. The third-order valence-electron chi connectivity index (χ3n) is 3.44. The van der Waals surface area contributed by atoms with Crippen LogP contribution in [0.25, 0.3) is 10.9 Å². The number of benzene rings is 1. The molecule has 0 radical (unpaired) electrons. The minimum absolute atomic E-state index is 0.647. The summed E-state index contributed by atoms with van der Waals surface area (Å²) < 4.78 is 0. The van der Waals surface area contributed by atoms with Gasteiger partial charge in [-0.25, -0.2) is 4.98 Å². The van der Waals surface area contributed by atoms with Crippen molar-refractivity contribution in [1.82, 2.24) is 9.88 Å². The van der Waals surface area contributed by atoms with Gasteiger partial charge in [-0.05, 0) is 44.8 Å². The Labute approximate surface area is 121 Å². The molecule has 0 bridgehead atoms. The maximum absolute atomic E-state index is 5.74. The van der Waals surface area contributed by atoms with Crippen LogP contribution >= 0.6 is 0 Å². The first-order valence-corrected chi connectivity index (χ1v) is 7.06. The minimum atomic E-state index is 0.647. The Morgan fingerprint density at radius 3 is 2.55 bits per heavy atom. The molecule has 1 aromatic carbocycles. The van der Waals surface area contributed by atoms with Gasteiger partial charge >= 0.3 is 0 Å². The largest absolute Gasteiger partial charge is 0.358 e. The van der Waals surface area contributed by atoms with E-state index in [1.165, 1.54) is 10.9 Å². The fraction of sp³-hybridized carbons (Fsp3) is 0.438. The van der Waals surface area contributed by atoms with Gasteiger partial charge in [0, 0.05) is 25.5 Å². The number of nitrogens with zero attached hydrogens (tertiary/aromatic N) is 3. The Morgan fingerprint density at radius 2 is 1.85 bits per heavy atom. The highest BCUT2D eigenvalue weighted by Gasteiger charge is 2.11. The van der Waals surface area contributed by atoms with Crippen molar-refractivity contribution in [3.63, 3.8) is 0 Å². The first-order chi connectivity index (χ1) is 9.61. The molecule has 0 saturated heterocycles. The fourth-order valence-corrected chi connectivity index (χ4v) is 2.28. The van der Waals surface area contributed by atoms with Crippen molar-refractivity contribution in [3.8, 4) is 0 Å². The van der Waals surface area contributed by atoms with Gasteiger partial charge in [0.1, 0.15) is 5.82 Å². The van der Waals surface area contributed by atoms with E-state index in [0.717, 1.165) is 30.8 Å². The van der Waals surface area contributed by atoms with E-state index in [2.05, 4.69) is 49.1 Å². The number of fused-ring (bicyclic) bond motifs is 1. The van der Waals surface area contributed by atoms with Crippen LogP contribution < -0.4 is 10.6 Å². The standard InChI is InChI=1S/C16H24N4/c1-19(2)10-11-20(3)16-14(8-9-17)12-13-6-4-5-7-15(13)18-16/h4-7,12H,8-11,17H2,1-3H3. The van der Waals surface area contributed by atoms with Gasteiger partial charge in [0.15, 0.2) is 0 Å². The number of nitrogens with two attached hydrogens (primary N) is 1. The quantitative estimate of drug-likeness (QED) is 0.870. The predicted octanol–water partition coefficient (Wildman–Crippen LogP) is 1.73. The average molecular weight is 272 g/mol. The van der Waals surface area contributed by atoms with Crippen LogP contribution in [-0.4, -0.2) is 50.7 Å². The summed E-state index contributed by atoms with van der Waals surface area (Å²) in [6, 6.07) is 10.5. The molecule has 1 aromatic heterocycles. The number of anilines is 1. The van der Waals surface area contributed by atoms with Gasteiger partial charge in [-0.1, -0.05) is 18.2 Å². The van der Waals surface area contributed by atoms with Gasteiger partial charge in [0.2, 0.25) is 0 Å². The molecule has 0 atom stereocenters. The Hall–Kier alpha value is -1.65. The van der Waals surface area contributed by atoms with E-state index in [1.807, 2.05) is 12.1 Å². The fourth-order valence-electron chi connectivity index (χ4n) is 2.28. The molecule has 4 nitrogen and oxygen atoms in total. The van der Waals surface area contributed by atoms with Crippen molar-refractivity contribution in [2.45, 2.75) is 6.42 Å². The molecular weight excluding hydrogens is 248 g/mol. The third-order valence-corrected chi connectivity index (χ3v) is 3.44. The van der Waals surface area contributed by atoms with E-state index < -0.39 is 0 Å². The molecule has 2 aromatic rings. The average Bonchev–Trinajstić information content (AvgIpc) is 2.44. The molecule has 0 aliphatic rings. The molecule has 4 heteroatoms. The van der Waals surface area contributed by atoms with E-state index in [9.17, 15) is 0 Å². The third kappa shape index (κ3) is 3.46. The van der Waals surface area contributed by atoms with Crippen molar-refractivity contribution < 1.29 is 0 Å². The lowest BCUT2D eigenvalue weighted by atomic mass is 10.1. The highest BCUT2D eigenvalue weighted by atomic mass is 15.2. The van der Waals surface area contributed by atoms with Gasteiger partial charge in [-0.2, -0.15) is 0 Å². The molecule has 0 aliphatic carbocycles. The Morgan fingerprint density at radius 1 is 1.10 bits per heavy atom. The van der Waals surface area contributed by atoms with Gasteiger partial charge in [-0.15, -0.1) is 0 Å². The van der Waals surface area contributed by atoms with Crippen LogP contribution in [0.1, 0.15) is 5.56 Å². The first kappa shape index (κ1) is 14.8. The predicted molar refractivity (Wildman–Crippen MR) is 86.3 cm³/mol. The lowest BCUT2D eigenvalue weighted by Crippen LogP contribution is -2.30. The molecule has 0 fully saturated rings. The smallest absolute Gasteiger partial charge is 0.132 e. The van der Waals surface area contributed by atoms with Crippen LogP contribution in [0.2, 0.25) is 0 Å². The number of hydrogen-bond acceptors (Lipinski definition) is 4. The Bertz CT molecular complexity index is 565. The summed E-state index contributed by atoms with van der Waals surface area (Å²) in [5.74, 6) is 1.05. The van der Waals surface area contributed by atoms with Crippen LogP contribution in [0, 0.1) is 0 Å². The summed E-state index contributed by atoms with van der Waals surface area (Å²) in [4.78, 5) is 9.22. The summed E-state index contributed by atoms with van der Waals surface area (Å²) in [6.45, 7) is 2.61. The van der Waals surface area contributed by atoms with Gasteiger partial charge in [0.25, 0.3) is 0 Å². The molecule has 0 unspecified atom stereocenters. The van der Waals surface area contributed by atoms with Crippen molar-refractivity contribution in [1.29, 1.82) is 0 Å². The maximum atomic E-state index is 5.74. The number of aromatic nitrogens is 1. The summed E-state index contributed by atoms with van der Waals surface area (Å²) >= 11 is 0. The van der Waals surface area contributed by atoms with Crippen LogP contribution in [0.5, 0.6) is 0 Å². The van der Waals surface area contributed by atoms with Gasteiger partial charge in [0.05, 0.1) is 5.52 Å². The molecule has 2 rings (SSSR count). The van der Waals surface area contributed by atoms with E-state index in [-0.39, 0.29) is 0 Å². The summed E-state index contributed by atoms with van der Waals surface area (Å²) in [7, 11) is 6.27. The zero-order chi connectivity index (χ0) is 14.5. The lowest BCUT2D eigenvalue weighted by molar-refractivity contribution is 0.416. The van der Waals surface area contributed by atoms with Crippen LogP contribution in [0.4, 0.5) is 5.82 Å². The minimum Gasteiger partial charge on any atom is -0.358 e. The normalized spacial score (nSPS) is 11.2. The van der Waals surface area contributed by atoms with E-state index in [4.69, 9.17) is 10.7 Å². The molecule has 108 valence electrons. The van der Waals surface area contributed by atoms with Crippen LogP contribution in [-0.2, 0) is 6.42 Å². The van der Waals surface area contributed by atoms with Crippen LogP contribution in [0.3, 0.4) is 0 Å². The van der Waals surface area contributed by atoms with Crippen molar-refractivity contribution in [2.75, 3.05) is 45.7 Å². The van der Waals surface area contributed by atoms with E-state index in [0.29, 0.717) is 6.54 Å². The second-order valence-electron chi connectivity index (χ2n) is 5.43. The Kier molecular flexibility index (Phi) is 4.93. The molecular formula is C16H24N4. The zero-order valence-corrected chi connectivity index (χ0v) is 12.6. The summed E-state index contributed by atoms with van der Waals surface area (Å²) in [5.41, 5.74) is 8.01. The molecule has 2 N–H and O–H groups in total. The molecule has 0 saturated carbocycles. The molecule has 20 heavy (non-hydrogen) atoms. The molecule has 0 spiro atoms. The van der Waals surface area contributed by atoms with Crippen LogP contribution in [0.15, 0.2) is 30.3 Å². The number of likely N-dealkylation sites (N-methyl/N-ethyl adjacent to an activating group) is 2. The summed E-state index contributed by atoms with van der Waals surface area (Å²) in [5, 5.41) is 1.18. The second kappa shape index (κ2) is 6.68. The Balaban J connectivity index is 2.35. The lowest BCUT2D eigenvalue weighted by Gasteiger charge is -2.23. The maximum Gasteiger partial charge on any atom is 0.132 e. The molecule has 0 aliphatic heterocycles. The van der Waals surface area contributed by atoms with Gasteiger partial charge < -0.3 is 15.5 Å². The van der Waals surface area contributed by atoms with E-state index >= 15 is 0 Å². The molecule has 0 amide bonds. The first-order valence-electron chi connectivity index (χ1n) is 7.06. The SMILES string of the molecule is CN(C)CCN(C)c1nc2ccccc2cc1CCN. The van der Waals surface area contributed by atoms with Gasteiger partial charge in [-0.3, -0.25) is 0 Å². The zero-order valence-electron chi connectivity index (χ0n) is 12.6. The summed E-state index contributed by atoms with van der Waals surface area (Å²) in [6.07, 6.45) is 0.861. The topological polar surface area (TPSA) is 45.4 Å². The second-order valence-corrected chi connectivity index (χ2v) is 5.43. The number of rotatable bonds is 6. The van der Waals surface area contributed by atoms with Crippen molar-refractivity contribution >= 4 is 16.7 Å². The van der Waals surface area contributed by atoms with E-state index in [1.54, 1.807) is 0 Å². The van der Waals surface area contributed by atoms with Crippen molar-refractivity contribution in [2.24, 2.45) is 5.73 Å². The highest BCUT2D eigenvalue weighted by Crippen LogP contribution is 2.23. The number of pyridine rings is 1. The van der Waals surface area contributed by atoms with Crippen molar-refractivity contribution in [3.05, 3.63) is 35.9 Å².